The summed E-state index contributed by atoms with van der Waals surface area (Å²) in [4.78, 5) is 9.72. The number of piperidine rings is 3. The highest BCUT2D eigenvalue weighted by Crippen LogP contribution is 2.42. The van der Waals surface area contributed by atoms with Gasteiger partial charge in [-0.05, 0) is 73.9 Å². The third-order valence-electron chi connectivity index (χ3n) is 7.13. The summed E-state index contributed by atoms with van der Waals surface area (Å²) in [7, 11) is 0. The SMILES string of the molecule is N#Cc1cccc(N2C[C@H]3C[C@@H](C2)[C@H](Cc2cccc(F)c2)N2CCCC[C@@H]32)n1. The summed E-state index contributed by atoms with van der Waals surface area (Å²) in [5.41, 5.74) is 1.58. The highest BCUT2D eigenvalue weighted by atomic mass is 19.1. The number of hydrogen-bond donors (Lipinski definition) is 0. The summed E-state index contributed by atoms with van der Waals surface area (Å²) in [6.45, 7) is 3.15. The van der Waals surface area contributed by atoms with E-state index >= 15 is 0 Å². The van der Waals surface area contributed by atoms with E-state index in [2.05, 4.69) is 26.9 Å². The second-order valence-electron chi connectivity index (χ2n) is 8.86. The highest BCUT2D eigenvalue weighted by Gasteiger charge is 2.47. The van der Waals surface area contributed by atoms with Crippen LogP contribution in [-0.4, -0.2) is 41.6 Å². The molecule has 1 aromatic heterocycles. The zero-order valence-electron chi connectivity index (χ0n) is 16.7. The van der Waals surface area contributed by atoms with E-state index in [9.17, 15) is 9.65 Å². The minimum atomic E-state index is -0.144. The molecule has 0 radical (unpaired) electrons. The van der Waals surface area contributed by atoms with Gasteiger partial charge in [0.05, 0.1) is 0 Å². The van der Waals surface area contributed by atoms with Crippen LogP contribution in [0.3, 0.4) is 0 Å². The third-order valence-corrected chi connectivity index (χ3v) is 7.13. The van der Waals surface area contributed by atoms with Gasteiger partial charge >= 0.3 is 0 Å². The number of benzene rings is 1. The fraction of sp³-hybridized carbons (Fsp3) is 0.500. The molecule has 0 aliphatic carbocycles. The molecule has 3 saturated heterocycles. The highest BCUT2D eigenvalue weighted by molar-refractivity contribution is 5.43. The van der Waals surface area contributed by atoms with E-state index in [0.29, 0.717) is 29.6 Å². The summed E-state index contributed by atoms with van der Waals surface area (Å²) in [6.07, 6.45) is 5.99. The van der Waals surface area contributed by atoms with Crippen molar-refractivity contribution in [3.63, 3.8) is 0 Å². The van der Waals surface area contributed by atoms with Crippen molar-refractivity contribution in [2.75, 3.05) is 24.5 Å². The molecule has 29 heavy (non-hydrogen) atoms. The molecular weight excluding hydrogens is 363 g/mol. The third kappa shape index (κ3) is 3.62. The monoisotopic (exact) mass is 390 g/mol. The maximum Gasteiger partial charge on any atom is 0.142 e. The van der Waals surface area contributed by atoms with E-state index in [1.54, 1.807) is 12.1 Å². The quantitative estimate of drug-likeness (QED) is 0.794. The number of fused-ring (bicyclic) bond motifs is 4. The Morgan fingerprint density at radius 3 is 2.83 bits per heavy atom. The standard InChI is InChI=1S/C24H27FN4/c25-20-6-3-5-17(11-20)12-23-19-13-18(22-8-1-2-10-29(22)23)15-28(16-19)24-9-4-7-21(14-26)27-24/h3-7,9,11,18-19,22-23H,1-2,8,10,12-13,15-16H2/t18-,19+,22+,23+/m1/s1. The van der Waals surface area contributed by atoms with Crippen molar-refractivity contribution in [1.82, 2.24) is 9.88 Å². The second-order valence-corrected chi connectivity index (χ2v) is 8.86. The topological polar surface area (TPSA) is 43.2 Å². The van der Waals surface area contributed by atoms with Gasteiger partial charge in [-0.25, -0.2) is 9.37 Å². The lowest BCUT2D eigenvalue weighted by Crippen LogP contribution is -2.64. The van der Waals surface area contributed by atoms with Crippen LogP contribution in [0.15, 0.2) is 42.5 Å². The van der Waals surface area contributed by atoms with Crippen molar-refractivity contribution < 1.29 is 4.39 Å². The summed E-state index contributed by atoms with van der Waals surface area (Å²) >= 11 is 0. The molecule has 3 fully saturated rings. The van der Waals surface area contributed by atoms with Gasteiger partial charge in [0, 0.05) is 25.2 Å². The first kappa shape index (κ1) is 18.6. The molecule has 3 aliphatic heterocycles. The van der Waals surface area contributed by atoms with E-state index in [0.717, 1.165) is 30.9 Å². The van der Waals surface area contributed by atoms with Crippen molar-refractivity contribution in [3.8, 4) is 6.07 Å². The van der Waals surface area contributed by atoms with Crippen LogP contribution in [0.1, 0.15) is 36.9 Å². The van der Waals surface area contributed by atoms with Crippen LogP contribution in [0.4, 0.5) is 10.2 Å². The first-order valence-electron chi connectivity index (χ1n) is 10.8. The summed E-state index contributed by atoms with van der Waals surface area (Å²) < 4.78 is 13.8. The molecule has 0 N–H and O–H groups in total. The van der Waals surface area contributed by atoms with Gasteiger partial charge in [0.15, 0.2) is 0 Å². The number of pyridine rings is 1. The average molecular weight is 391 g/mol. The van der Waals surface area contributed by atoms with Crippen LogP contribution >= 0.6 is 0 Å². The van der Waals surface area contributed by atoms with E-state index in [4.69, 9.17) is 0 Å². The Balaban J connectivity index is 1.44. The van der Waals surface area contributed by atoms with E-state index < -0.39 is 0 Å². The number of aromatic nitrogens is 1. The second kappa shape index (κ2) is 7.76. The molecule has 5 rings (SSSR count). The van der Waals surface area contributed by atoms with E-state index in [1.165, 1.54) is 38.3 Å². The van der Waals surface area contributed by atoms with Gasteiger partial charge in [-0.3, -0.25) is 4.90 Å². The Morgan fingerprint density at radius 1 is 1.10 bits per heavy atom. The molecule has 4 atom stereocenters. The minimum absolute atomic E-state index is 0.144. The largest absolute Gasteiger partial charge is 0.356 e. The van der Waals surface area contributed by atoms with Gasteiger partial charge in [-0.2, -0.15) is 5.26 Å². The lowest BCUT2D eigenvalue weighted by Gasteiger charge is -2.57. The summed E-state index contributed by atoms with van der Waals surface area (Å²) in [5, 5.41) is 9.24. The molecule has 0 saturated carbocycles. The first-order valence-corrected chi connectivity index (χ1v) is 10.8. The molecule has 3 aliphatic rings. The van der Waals surface area contributed by atoms with Crippen molar-refractivity contribution >= 4 is 5.82 Å². The number of nitrogens with zero attached hydrogens (tertiary/aromatic N) is 4. The van der Waals surface area contributed by atoms with Gasteiger partial charge in [-0.1, -0.05) is 24.6 Å². The summed E-state index contributed by atoms with van der Waals surface area (Å²) in [6, 6.07) is 16.1. The van der Waals surface area contributed by atoms with E-state index in [1.807, 2.05) is 18.2 Å². The molecule has 0 spiro atoms. The van der Waals surface area contributed by atoms with Crippen LogP contribution in [0.5, 0.6) is 0 Å². The van der Waals surface area contributed by atoms with Gasteiger partial charge in [0.2, 0.25) is 0 Å². The molecule has 1 aromatic carbocycles. The Kier molecular flexibility index (Phi) is 4.97. The van der Waals surface area contributed by atoms with Crippen molar-refractivity contribution in [3.05, 3.63) is 59.5 Å². The zero-order chi connectivity index (χ0) is 19.8. The van der Waals surface area contributed by atoms with Gasteiger partial charge in [0.1, 0.15) is 23.4 Å². The molecule has 0 unspecified atom stereocenters. The van der Waals surface area contributed by atoms with Crippen molar-refractivity contribution in [1.29, 1.82) is 5.26 Å². The molecule has 2 bridgehead atoms. The van der Waals surface area contributed by atoms with E-state index in [-0.39, 0.29) is 5.82 Å². The van der Waals surface area contributed by atoms with Crippen LogP contribution in [-0.2, 0) is 6.42 Å². The number of anilines is 1. The molecule has 150 valence electrons. The average Bonchev–Trinajstić information content (AvgIpc) is 2.77. The number of nitriles is 1. The lowest BCUT2D eigenvalue weighted by molar-refractivity contribution is -0.0318. The predicted molar refractivity (Wildman–Crippen MR) is 111 cm³/mol. The molecular formula is C24H27FN4. The minimum Gasteiger partial charge on any atom is -0.356 e. The fourth-order valence-corrected chi connectivity index (χ4v) is 5.94. The Bertz CT molecular complexity index is 923. The Hall–Kier alpha value is -2.45. The fourth-order valence-electron chi connectivity index (χ4n) is 5.94. The molecule has 0 amide bonds. The summed E-state index contributed by atoms with van der Waals surface area (Å²) in [5.74, 6) is 1.96. The number of hydrogen-bond acceptors (Lipinski definition) is 4. The van der Waals surface area contributed by atoms with Crippen LogP contribution in [0.25, 0.3) is 0 Å². The van der Waals surface area contributed by atoms with Gasteiger partial charge in [0.25, 0.3) is 0 Å². The van der Waals surface area contributed by atoms with Crippen molar-refractivity contribution in [2.45, 2.75) is 44.2 Å². The predicted octanol–water partition coefficient (Wildman–Crippen LogP) is 4.01. The van der Waals surface area contributed by atoms with Gasteiger partial charge in [-0.15, -0.1) is 0 Å². The lowest BCUT2D eigenvalue weighted by atomic mass is 9.71. The molecule has 2 aromatic rings. The Labute approximate surface area is 172 Å². The Morgan fingerprint density at radius 2 is 1.97 bits per heavy atom. The van der Waals surface area contributed by atoms with Crippen LogP contribution in [0.2, 0.25) is 0 Å². The normalized spacial score (nSPS) is 29.2. The van der Waals surface area contributed by atoms with Crippen LogP contribution < -0.4 is 4.90 Å². The maximum absolute atomic E-state index is 13.8. The number of halogens is 1. The zero-order valence-corrected chi connectivity index (χ0v) is 16.7. The first-order chi connectivity index (χ1) is 14.2. The smallest absolute Gasteiger partial charge is 0.142 e. The molecule has 4 nitrogen and oxygen atoms in total. The van der Waals surface area contributed by atoms with Crippen LogP contribution in [0, 0.1) is 29.0 Å². The van der Waals surface area contributed by atoms with Gasteiger partial charge < -0.3 is 4.90 Å². The number of rotatable bonds is 3. The van der Waals surface area contributed by atoms with Crippen molar-refractivity contribution in [2.24, 2.45) is 11.8 Å². The maximum atomic E-state index is 13.8. The molecule has 5 heteroatoms. The molecule has 4 heterocycles.